The molecule has 0 unspecified atom stereocenters. The number of aromatic amines is 2. The molecule has 4 rings (SSSR count). The van der Waals surface area contributed by atoms with Crippen LogP contribution in [0.4, 0.5) is 5.69 Å². The third kappa shape index (κ3) is 2.36. The first-order valence-electron chi connectivity index (χ1n) is 6.86. The Labute approximate surface area is 138 Å². The zero-order chi connectivity index (χ0) is 16.0. The van der Waals surface area contributed by atoms with Crippen molar-refractivity contribution in [3.05, 3.63) is 46.5 Å². The van der Waals surface area contributed by atoms with Gasteiger partial charge in [-0.2, -0.15) is 5.10 Å². The standard InChI is InChI=1S/C15H11BrN6O/c1-7-10-4-9(5-17-14(10)22-21-7)20-15(23)11-2-8(16)3-12-13(11)19-6-18-12/h2-6H,1H3,(H,18,19)(H,20,23)(H,17,21,22). The molecule has 0 spiro atoms. The van der Waals surface area contributed by atoms with Gasteiger partial charge < -0.3 is 10.3 Å². The molecule has 3 heterocycles. The summed E-state index contributed by atoms with van der Waals surface area (Å²) < 4.78 is 0.804. The number of amides is 1. The van der Waals surface area contributed by atoms with Crippen molar-refractivity contribution in [1.29, 1.82) is 0 Å². The predicted molar refractivity (Wildman–Crippen MR) is 90.4 cm³/mol. The average molecular weight is 371 g/mol. The second-order valence-corrected chi connectivity index (χ2v) is 6.07. The molecule has 0 atom stereocenters. The summed E-state index contributed by atoms with van der Waals surface area (Å²) in [5.74, 6) is -0.245. The van der Waals surface area contributed by atoms with Gasteiger partial charge in [-0.1, -0.05) is 15.9 Å². The summed E-state index contributed by atoms with van der Waals surface area (Å²) in [4.78, 5) is 24.0. The van der Waals surface area contributed by atoms with Gasteiger partial charge in [0.1, 0.15) is 5.52 Å². The number of H-pyrrole nitrogens is 2. The van der Waals surface area contributed by atoms with E-state index in [1.54, 1.807) is 18.6 Å². The number of benzene rings is 1. The van der Waals surface area contributed by atoms with Gasteiger partial charge in [-0.15, -0.1) is 0 Å². The van der Waals surface area contributed by atoms with Crippen LogP contribution in [-0.4, -0.2) is 31.1 Å². The SMILES string of the molecule is Cc1[nH]nc2ncc(NC(=O)c3cc(Br)cc4[nH]cnc34)cc12. The molecule has 23 heavy (non-hydrogen) atoms. The molecule has 3 N–H and O–H groups in total. The second kappa shape index (κ2) is 5.17. The number of imidazole rings is 1. The minimum Gasteiger partial charge on any atom is -0.345 e. The number of aromatic nitrogens is 5. The molecule has 3 aromatic heterocycles. The maximum absolute atomic E-state index is 12.6. The molecule has 1 amide bonds. The number of pyridine rings is 1. The Balaban J connectivity index is 1.73. The first-order valence-corrected chi connectivity index (χ1v) is 7.66. The Kier molecular flexibility index (Phi) is 3.12. The monoisotopic (exact) mass is 370 g/mol. The number of hydrogen-bond donors (Lipinski definition) is 3. The Hall–Kier alpha value is -2.74. The Morgan fingerprint density at radius 1 is 1.26 bits per heavy atom. The number of fused-ring (bicyclic) bond motifs is 2. The Morgan fingerprint density at radius 3 is 3.00 bits per heavy atom. The van der Waals surface area contributed by atoms with E-state index in [9.17, 15) is 4.79 Å². The highest BCUT2D eigenvalue weighted by atomic mass is 79.9. The number of hydrogen-bond acceptors (Lipinski definition) is 4. The number of rotatable bonds is 2. The van der Waals surface area contributed by atoms with Crippen LogP contribution in [0.2, 0.25) is 0 Å². The maximum Gasteiger partial charge on any atom is 0.258 e. The average Bonchev–Trinajstić information content (AvgIpc) is 3.13. The molecule has 114 valence electrons. The number of anilines is 1. The molecule has 7 nitrogen and oxygen atoms in total. The van der Waals surface area contributed by atoms with E-state index < -0.39 is 0 Å². The summed E-state index contributed by atoms with van der Waals surface area (Å²) in [6.45, 7) is 1.91. The molecule has 0 aliphatic rings. The molecule has 0 saturated heterocycles. The zero-order valence-electron chi connectivity index (χ0n) is 12.0. The van der Waals surface area contributed by atoms with Crippen molar-refractivity contribution >= 4 is 49.6 Å². The van der Waals surface area contributed by atoms with E-state index in [1.807, 2.05) is 19.1 Å². The molecule has 0 radical (unpaired) electrons. The lowest BCUT2D eigenvalue weighted by Gasteiger charge is -2.06. The number of halogens is 1. The van der Waals surface area contributed by atoms with Crippen LogP contribution in [0.1, 0.15) is 16.1 Å². The normalized spacial score (nSPS) is 11.2. The number of nitrogens with zero attached hydrogens (tertiary/aromatic N) is 3. The Morgan fingerprint density at radius 2 is 2.13 bits per heavy atom. The van der Waals surface area contributed by atoms with Crippen molar-refractivity contribution in [3.63, 3.8) is 0 Å². The minimum atomic E-state index is -0.245. The van der Waals surface area contributed by atoms with Crippen LogP contribution in [0.25, 0.3) is 22.1 Å². The molecule has 0 saturated carbocycles. The lowest BCUT2D eigenvalue weighted by molar-refractivity contribution is 0.102. The van der Waals surface area contributed by atoms with Crippen molar-refractivity contribution in [3.8, 4) is 0 Å². The number of carbonyl (C=O) groups is 1. The summed E-state index contributed by atoms with van der Waals surface area (Å²) in [6.07, 6.45) is 3.15. The van der Waals surface area contributed by atoms with E-state index in [-0.39, 0.29) is 5.91 Å². The van der Waals surface area contributed by atoms with Crippen molar-refractivity contribution in [1.82, 2.24) is 25.1 Å². The third-order valence-electron chi connectivity index (χ3n) is 3.59. The van der Waals surface area contributed by atoms with Crippen LogP contribution >= 0.6 is 15.9 Å². The fourth-order valence-corrected chi connectivity index (χ4v) is 2.93. The topological polar surface area (TPSA) is 99.4 Å². The lowest BCUT2D eigenvalue weighted by Crippen LogP contribution is -2.12. The number of aryl methyl sites for hydroxylation is 1. The van der Waals surface area contributed by atoms with E-state index in [0.29, 0.717) is 22.4 Å². The quantitative estimate of drug-likeness (QED) is 0.504. The van der Waals surface area contributed by atoms with Crippen LogP contribution in [0.5, 0.6) is 0 Å². The van der Waals surface area contributed by atoms with Crippen molar-refractivity contribution in [2.24, 2.45) is 0 Å². The molecule has 0 bridgehead atoms. The van der Waals surface area contributed by atoms with Gasteiger partial charge >= 0.3 is 0 Å². The van der Waals surface area contributed by atoms with Crippen LogP contribution in [0.15, 0.2) is 35.2 Å². The van der Waals surface area contributed by atoms with E-state index in [4.69, 9.17) is 0 Å². The van der Waals surface area contributed by atoms with Crippen LogP contribution < -0.4 is 5.32 Å². The van der Waals surface area contributed by atoms with Crippen LogP contribution in [0.3, 0.4) is 0 Å². The lowest BCUT2D eigenvalue weighted by atomic mass is 10.1. The third-order valence-corrected chi connectivity index (χ3v) is 4.05. The van der Waals surface area contributed by atoms with Crippen LogP contribution in [0, 0.1) is 6.92 Å². The van der Waals surface area contributed by atoms with Gasteiger partial charge in [0.25, 0.3) is 5.91 Å². The fraction of sp³-hybridized carbons (Fsp3) is 0.0667. The highest BCUT2D eigenvalue weighted by Gasteiger charge is 2.14. The second-order valence-electron chi connectivity index (χ2n) is 5.15. The predicted octanol–water partition coefficient (Wildman–Crippen LogP) is 3.16. The van der Waals surface area contributed by atoms with Gasteiger partial charge in [0.2, 0.25) is 0 Å². The minimum absolute atomic E-state index is 0.245. The molecule has 1 aromatic carbocycles. The van der Waals surface area contributed by atoms with Gasteiger partial charge in [0, 0.05) is 15.6 Å². The fourth-order valence-electron chi connectivity index (χ4n) is 2.47. The van der Waals surface area contributed by atoms with E-state index in [2.05, 4.69) is 46.4 Å². The van der Waals surface area contributed by atoms with Gasteiger partial charge in [-0.05, 0) is 25.1 Å². The van der Waals surface area contributed by atoms with E-state index in [1.165, 1.54) is 0 Å². The van der Waals surface area contributed by atoms with Crippen molar-refractivity contribution in [2.45, 2.75) is 6.92 Å². The van der Waals surface area contributed by atoms with E-state index >= 15 is 0 Å². The van der Waals surface area contributed by atoms with Crippen LogP contribution in [-0.2, 0) is 0 Å². The first-order chi connectivity index (χ1) is 11.1. The molecular weight excluding hydrogens is 360 g/mol. The molecule has 8 heteroatoms. The molecule has 0 fully saturated rings. The van der Waals surface area contributed by atoms with Gasteiger partial charge in [0.15, 0.2) is 5.65 Å². The van der Waals surface area contributed by atoms with E-state index in [0.717, 1.165) is 21.1 Å². The summed E-state index contributed by atoms with van der Waals surface area (Å²) in [6, 6.07) is 5.47. The molecule has 0 aliphatic heterocycles. The van der Waals surface area contributed by atoms with Gasteiger partial charge in [-0.25, -0.2) is 9.97 Å². The van der Waals surface area contributed by atoms with Gasteiger partial charge in [0.05, 0.1) is 29.3 Å². The molecular formula is C15H11BrN6O. The number of carbonyl (C=O) groups excluding carboxylic acids is 1. The summed E-state index contributed by atoms with van der Waals surface area (Å²) >= 11 is 3.41. The smallest absolute Gasteiger partial charge is 0.258 e. The first kappa shape index (κ1) is 13.9. The zero-order valence-corrected chi connectivity index (χ0v) is 13.6. The summed E-state index contributed by atoms with van der Waals surface area (Å²) in [5, 5.41) is 10.7. The summed E-state index contributed by atoms with van der Waals surface area (Å²) in [5.41, 5.74) is 4.04. The van der Waals surface area contributed by atoms with Crippen molar-refractivity contribution < 1.29 is 4.79 Å². The highest BCUT2D eigenvalue weighted by molar-refractivity contribution is 9.10. The number of nitrogens with one attached hydrogen (secondary N) is 3. The Bertz CT molecular complexity index is 1050. The summed E-state index contributed by atoms with van der Waals surface area (Å²) in [7, 11) is 0. The largest absolute Gasteiger partial charge is 0.345 e. The molecule has 0 aliphatic carbocycles. The highest BCUT2D eigenvalue weighted by Crippen LogP contribution is 2.23. The van der Waals surface area contributed by atoms with Crippen molar-refractivity contribution in [2.75, 3.05) is 5.32 Å². The molecule has 4 aromatic rings. The van der Waals surface area contributed by atoms with Gasteiger partial charge in [-0.3, -0.25) is 9.89 Å². The maximum atomic E-state index is 12.6.